The fraction of sp³-hybridized carbons (Fsp3) is 0.714. The van der Waals surface area contributed by atoms with Gasteiger partial charge in [-0.05, 0) is 37.0 Å². The largest absolute Gasteiger partial charge is 0.479 e. The van der Waals surface area contributed by atoms with Crippen molar-refractivity contribution < 1.29 is 9.53 Å². The highest BCUT2D eigenvalue weighted by Crippen LogP contribution is 2.67. The lowest BCUT2D eigenvalue weighted by Gasteiger charge is -2.49. The Balaban J connectivity index is 1.58. The molecule has 17 heavy (non-hydrogen) atoms. The van der Waals surface area contributed by atoms with Crippen molar-refractivity contribution in [2.75, 3.05) is 13.2 Å². The molecule has 2 fully saturated rings. The molecule has 0 N–H and O–H groups in total. The molecule has 0 aromatic rings. The normalized spacial score (nSPS) is 45.2. The van der Waals surface area contributed by atoms with Crippen molar-refractivity contribution in [1.29, 1.82) is 0 Å². The lowest BCUT2D eigenvalue weighted by molar-refractivity contribution is -0.140. The molecule has 0 saturated heterocycles. The van der Waals surface area contributed by atoms with Crippen LogP contribution < -0.4 is 0 Å². The first-order valence-corrected chi connectivity index (χ1v) is 6.68. The van der Waals surface area contributed by atoms with Crippen LogP contribution in [0.4, 0.5) is 0 Å². The summed E-state index contributed by atoms with van der Waals surface area (Å²) in [5, 5.41) is 0. The maximum Gasteiger partial charge on any atom is 0.190 e. The van der Waals surface area contributed by atoms with Crippen LogP contribution in [-0.2, 0) is 9.53 Å². The van der Waals surface area contributed by atoms with E-state index in [-0.39, 0.29) is 5.41 Å². The molecule has 0 amide bonds. The lowest BCUT2D eigenvalue weighted by Crippen LogP contribution is -2.50. The van der Waals surface area contributed by atoms with E-state index in [0.29, 0.717) is 42.5 Å². The first-order valence-electron chi connectivity index (χ1n) is 6.68. The topological polar surface area (TPSA) is 38.7 Å². The molecular weight excluding hydrogens is 214 g/mol. The number of fused-ring (bicyclic) bond motifs is 5. The molecule has 4 rings (SSSR count). The average molecular weight is 231 g/mol. The van der Waals surface area contributed by atoms with E-state index in [0.717, 1.165) is 13.0 Å². The van der Waals surface area contributed by atoms with Gasteiger partial charge in [0.15, 0.2) is 5.90 Å². The predicted molar refractivity (Wildman–Crippen MR) is 63.8 cm³/mol. The second-order valence-corrected chi connectivity index (χ2v) is 5.80. The van der Waals surface area contributed by atoms with Crippen LogP contribution in [0.15, 0.2) is 17.1 Å². The van der Waals surface area contributed by atoms with Crippen LogP contribution in [0.2, 0.25) is 0 Å². The zero-order valence-electron chi connectivity index (χ0n) is 9.89. The van der Waals surface area contributed by atoms with Crippen LogP contribution >= 0.6 is 0 Å². The van der Waals surface area contributed by atoms with Crippen LogP contribution in [-0.4, -0.2) is 24.8 Å². The minimum atomic E-state index is -0.0200. The van der Waals surface area contributed by atoms with Crippen LogP contribution in [0.3, 0.4) is 0 Å². The molecule has 0 aromatic heterocycles. The summed E-state index contributed by atoms with van der Waals surface area (Å²) in [6, 6.07) is 0. The summed E-state index contributed by atoms with van der Waals surface area (Å²) in [5.41, 5.74) is -0.0200. The second-order valence-electron chi connectivity index (χ2n) is 5.80. The van der Waals surface area contributed by atoms with Crippen LogP contribution in [0.1, 0.15) is 25.7 Å². The summed E-state index contributed by atoms with van der Waals surface area (Å²) in [6.07, 6.45) is 8.61. The summed E-state index contributed by atoms with van der Waals surface area (Å²) < 4.78 is 5.38. The minimum Gasteiger partial charge on any atom is -0.479 e. The Hall–Kier alpha value is -1.12. The Bertz CT molecular complexity index is 440. The van der Waals surface area contributed by atoms with E-state index in [9.17, 15) is 4.79 Å². The molecular formula is C14H17NO2. The molecule has 4 unspecified atom stereocenters. The van der Waals surface area contributed by atoms with E-state index in [4.69, 9.17) is 4.74 Å². The Labute approximate surface area is 101 Å². The molecule has 4 atom stereocenters. The van der Waals surface area contributed by atoms with E-state index in [1.807, 2.05) is 0 Å². The third-order valence-corrected chi connectivity index (χ3v) is 5.30. The van der Waals surface area contributed by atoms with E-state index in [1.165, 1.54) is 12.8 Å². The molecule has 3 aliphatic carbocycles. The molecule has 0 aromatic carbocycles. The Kier molecular flexibility index (Phi) is 1.86. The van der Waals surface area contributed by atoms with Crippen molar-refractivity contribution in [3.63, 3.8) is 0 Å². The monoisotopic (exact) mass is 231 g/mol. The Morgan fingerprint density at radius 2 is 2.47 bits per heavy atom. The molecule has 0 radical (unpaired) electrons. The van der Waals surface area contributed by atoms with Gasteiger partial charge in [-0.25, -0.2) is 0 Å². The summed E-state index contributed by atoms with van der Waals surface area (Å²) in [7, 11) is 0. The van der Waals surface area contributed by atoms with Gasteiger partial charge in [-0.3, -0.25) is 9.79 Å². The van der Waals surface area contributed by atoms with Crippen molar-refractivity contribution >= 4 is 11.7 Å². The first-order chi connectivity index (χ1) is 8.30. The van der Waals surface area contributed by atoms with E-state index in [2.05, 4.69) is 17.1 Å². The third-order valence-electron chi connectivity index (χ3n) is 5.30. The standard InChI is InChI=1S/C14H17NO2/c16-12(8-13-15-5-6-17-13)14-4-3-11(14)9-1-2-10(14)7-9/h1-2,9-11H,3-8H2. The quantitative estimate of drug-likeness (QED) is 0.697. The Morgan fingerprint density at radius 3 is 3.12 bits per heavy atom. The van der Waals surface area contributed by atoms with Crippen molar-refractivity contribution in [1.82, 2.24) is 0 Å². The Morgan fingerprint density at radius 1 is 1.53 bits per heavy atom. The number of nitrogens with zero attached hydrogens (tertiary/aromatic N) is 1. The average Bonchev–Trinajstić information content (AvgIpc) is 2.91. The highest BCUT2D eigenvalue weighted by molar-refractivity contribution is 6.02. The predicted octanol–water partition coefficient (Wildman–Crippen LogP) is 1.98. The molecule has 3 nitrogen and oxygen atoms in total. The number of carbonyl (C=O) groups excluding carboxylic acids is 1. The number of hydrogen-bond donors (Lipinski definition) is 0. The minimum absolute atomic E-state index is 0.0200. The van der Waals surface area contributed by atoms with Gasteiger partial charge in [0.2, 0.25) is 0 Å². The molecule has 2 saturated carbocycles. The van der Waals surface area contributed by atoms with Crippen molar-refractivity contribution in [2.45, 2.75) is 25.7 Å². The van der Waals surface area contributed by atoms with Crippen LogP contribution in [0.5, 0.6) is 0 Å². The summed E-state index contributed by atoms with van der Waals surface area (Å²) in [6.45, 7) is 1.38. The smallest absolute Gasteiger partial charge is 0.190 e. The third kappa shape index (κ3) is 1.12. The fourth-order valence-electron chi connectivity index (χ4n) is 4.43. The number of Topliss-reactive ketones (excluding diaryl/α,β-unsaturated/α-hetero) is 1. The van der Waals surface area contributed by atoms with Gasteiger partial charge < -0.3 is 4.74 Å². The summed E-state index contributed by atoms with van der Waals surface area (Å²) >= 11 is 0. The molecule has 1 aliphatic heterocycles. The van der Waals surface area contributed by atoms with E-state index in [1.54, 1.807) is 0 Å². The molecule has 90 valence electrons. The molecule has 2 bridgehead atoms. The number of carbonyl (C=O) groups is 1. The van der Waals surface area contributed by atoms with E-state index < -0.39 is 0 Å². The molecule has 0 spiro atoms. The van der Waals surface area contributed by atoms with Gasteiger partial charge in [0.05, 0.1) is 13.0 Å². The zero-order chi connectivity index (χ0) is 11.5. The highest BCUT2D eigenvalue weighted by atomic mass is 16.5. The van der Waals surface area contributed by atoms with Gasteiger partial charge >= 0.3 is 0 Å². The van der Waals surface area contributed by atoms with Gasteiger partial charge in [-0.1, -0.05) is 12.2 Å². The van der Waals surface area contributed by atoms with Crippen molar-refractivity contribution in [3.05, 3.63) is 12.2 Å². The van der Waals surface area contributed by atoms with Gasteiger partial charge in [0.1, 0.15) is 12.4 Å². The number of hydrogen-bond acceptors (Lipinski definition) is 3. The SMILES string of the molecule is O=C(CC1=NCCO1)C12CCC1C1C=CC2C1. The number of ketones is 1. The van der Waals surface area contributed by atoms with Crippen LogP contribution in [0.25, 0.3) is 0 Å². The maximum absolute atomic E-state index is 12.6. The van der Waals surface area contributed by atoms with Gasteiger partial charge in [0.25, 0.3) is 0 Å². The first kappa shape index (κ1) is 9.86. The number of ether oxygens (including phenoxy) is 1. The number of allylic oxidation sites excluding steroid dienone is 2. The molecule has 3 heteroatoms. The summed E-state index contributed by atoms with van der Waals surface area (Å²) in [4.78, 5) is 16.8. The zero-order valence-corrected chi connectivity index (χ0v) is 9.89. The van der Waals surface area contributed by atoms with E-state index >= 15 is 0 Å². The van der Waals surface area contributed by atoms with Gasteiger partial charge in [0, 0.05) is 5.41 Å². The molecule has 4 aliphatic rings. The van der Waals surface area contributed by atoms with Crippen LogP contribution in [0, 0.1) is 23.2 Å². The number of aliphatic imine (C=N–C) groups is 1. The second kappa shape index (κ2) is 3.21. The van der Waals surface area contributed by atoms with Gasteiger partial charge in [-0.15, -0.1) is 0 Å². The maximum atomic E-state index is 12.6. The lowest BCUT2D eigenvalue weighted by atomic mass is 9.53. The van der Waals surface area contributed by atoms with Crippen molar-refractivity contribution in [2.24, 2.45) is 28.2 Å². The number of rotatable bonds is 3. The highest BCUT2D eigenvalue weighted by Gasteiger charge is 2.64. The summed E-state index contributed by atoms with van der Waals surface area (Å²) in [5.74, 6) is 2.91. The fourth-order valence-corrected chi connectivity index (χ4v) is 4.43. The molecule has 1 heterocycles. The van der Waals surface area contributed by atoms with Crippen molar-refractivity contribution in [3.8, 4) is 0 Å². The van der Waals surface area contributed by atoms with Gasteiger partial charge in [-0.2, -0.15) is 0 Å².